The molecular weight excluding hydrogens is 226 g/mol. The molecule has 2 heterocycles. The average Bonchev–Trinajstić information content (AvgIpc) is 2.40. The van der Waals surface area contributed by atoms with E-state index in [1.807, 2.05) is 12.3 Å². The Morgan fingerprint density at radius 1 is 1.33 bits per heavy atom. The third kappa shape index (κ3) is 3.32. The molecule has 1 fully saturated rings. The summed E-state index contributed by atoms with van der Waals surface area (Å²) in [5, 5.41) is 3.32. The summed E-state index contributed by atoms with van der Waals surface area (Å²) in [4.78, 5) is 13.5. The lowest BCUT2D eigenvalue weighted by atomic mass is 10.3. The molecule has 100 valence electrons. The number of anilines is 2. The van der Waals surface area contributed by atoms with Crippen LogP contribution in [0.1, 0.15) is 20.3 Å². The first kappa shape index (κ1) is 13.1. The van der Waals surface area contributed by atoms with Gasteiger partial charge in [-0.2, -0.15) is 4.98 Å². The van der Waals surface area contributed by atoms with Gasteiger partial charge < -0.3 is 15.1 Å². The van der Waals surface area contributed by atoms with Crippen LogP contribution < -0.4 is 10.2 Å². The Balaban J connectivity index is 2.02. The number of hydrogen-bond acceptors (Lipinski definition) is 5. The second-order valence-corrected chi connectivity index (χ2v) is 4.98. The van der Waals surface area contributed by atoms with Crippen molar-refractivity contribution in [1.29, 1.82) is 0 Å². The van der Waals surface area contributed by atoms with Crippen LogP contribution in [0.4, 0.5) is 11.8 Å². The van der Waals surface area contributed by atoms with Crippen LogP contribution in [-0.4, -0.2) is 54.1 Å². The molecular formula is C13H23N5. The highest BCUT2D eigenvalue weighted by Crippen LogP contribution is 2.14. The second-order valence-electron chi connectivity index (χ2n) is 4.98. The Kier molecular flexibility index (Phi) is 4.36. The van der Waals surface area contributed by atoms with Gasteiger partial charge in [-0.25, -0.2) is 4.98 Å². The minimum absolute atomic E-state index is 0.410. The van der Waals surface area contributed by atoms with Crippen LogP contribution in [0, 0.1) is 0 Å². The molecule has 1 N–H and O–H groups in total. The van der Waals surface area contributed by atoms with Crippen LogP contribution in [-0.2, 0) is 0 Å². The second kappa shape index (κ2) is 6.00. The van der Waals surface area contributed by atoms with E-state index < -0.39 is 0 Å². The summed E-state index contributed by atoms with van der Waals surface area (Å²) in [6.07, 6.45) is 2.91. The maximum atomic E-state index is 4.59. The monoisotopic (exact) mass is 249 g/mol. The van der Waals surface area contributed by atoms with E-state index in [0.717, 1.165) is 44.4 Å². The van der Waals surface area contributed by atoms with Crippen molar-refractivity contribution < 1.29 is 0 Å². The molecule has 0 aliphatic carbocycles. The van der Waals surface area contributed by atoms with E-state index in [0.29, 0.717) is 6.04 Å². The first-order valence-electron chi connectivity index (χ1n) is 6.72. The van der Waals surface area contributed by atoms with Crippen molar-refractivity contribution in [1.82, 2.24) is 14.9 Å². The van der Waals surface area contributed by atoms with Crippen molar-refractivity contribution in [3.8, 4) is 0 Å². The van der Waals surface area contributed by atoms with E-state index in [4.69, 9.17) is 0 Å². The Hall–Kier alpha value is -1.36. The number of nitrogens with one attached hydrogen (secondary N) is 1. The standard InChI is InChI=1S/C13H23N5/c1-4-11(2)15-13-14-6-5-12(16-13)18-9-7-17(3)8-10-18/h5-6,11H,4,7-10H2,1-3H3,(H,14,15,16). The third-order valence-corrected chi connectivity index (χ3v) is 3.46. The van der Waals surface area contributed by atoms with Gasteiger partial charge in [0.05, 0.1) is 0 Å². The van der Waals surface area contributed by atoms with Crippen molar-refractivity contribution in [2.75, 3.05) is 43.4 Å². The van der Waals surface area contributed by atoms with E-state index in [9.17, 15) is 0 Å². The zero-order valence-electron chi connectivity index (χ0n) is 11.6. The molecule has 2 rings (SSSR count). The summed E-state index contributed by atoms with van der Waals surface area (Å²) >= 11 is 0. The Labute approximate surface area is 109 Å². The number of rotatable bonds is 4. The highest BCUT2D eigenvalue weighted by molar-refractivity contribution is 5.43. The predicted octanol–water partition coefficient (Wildman–Crippen LogP) is 1.44. The van der Waals surface area contributed by atoms with Crippen molar-refractivity contribution in [3.05, 3.63) is 12.3 Å². The Bertz CT molecular complexity index is 373. The third-order valence-electron chi connectivity index (χ3n) is 3.46. The van der Waals surface area contributed by atoms with Gasteiger partial charge in [0.15, 0.2) is 0 Å². The lowest BCUT2D eigenvalue weighted by molar-refractivity contribution is 0.312. The lowest BCUT2D eigenvalue weighted by Crippen LogP contribution is -2.44. The van der Waals surface area contributed by atoms with Crippen LogP contribution in [0.5, 0.6) is 0 Å². The lowest BCUT2D eigenvalue weighted by Gasteiger charge is -2.33. The number of piperazine rings is 1. The van der Waals surface area contributed by atoms with Gasteiger partial charge in [-0.1, -0.05) is 6.92 Å². The van der Waals surface area contributed by atoms with E-state index in [1.165, 1.54) is 0 Å². The van der Waals surface area contributed by atoms with Crippen molar-refractivity contribution in [2.24, 2.45) is 0 Å². The van der Waals surface area contributed by atoms with E-state index in [-0.39, 0.29) is 0 Å². The molecule has 1 unspecified atom stereocenters. The molecule has 1 atom stereocenters. The van der Waals surface area contributed by atoms with Crippen LogP contribution >= 0.6 is 0 Å². The van der Waals surface area contributed by atoms with Gasteiger partial charge in [0, 0.05) is 38.4 Å². The van der Waals surface area contributed by atoms with E-state index in [1.54, 1.807) is 0 Å². The highest BCUT2D eigenvalue weighted by atomic mass is 15.3. The van der Waals surface area contributed by atoms with Crippen LogP contribution in [0.3, 0.4) is 0 Å². The summed E-state index contributed by atoms with van der Waals surface area (Å²) in [5.74, 6) is 1.77. The van der Waals surface area contributed by atoms with Gasteiger partial charge in [0.1, 0.15) is 5.82 Å². The van der Waals surface area contributed by atoms with Crippen molar-refractivity contribution in [2.45, 2.75) is 26.3 Å². The normalized spacial score (nSPS) is 18.7. The van der Waals surface area contributed by atoms with Crippen LogP contribution in [0.15, 0.2) is 12.3 Å². The van der Waals surface area contributed by atoms with E-state index >= 15 is 0 Å². The summed E-state index contributed by atoms with van der Waals surface area (Å²) in [5.41, 5.74) is 0. The fourth-order valence-electron chi connectivity index (χ4n) is 1.95. The van der Waals surface area contributed by atoms with Crippen molar-refractivity contribution >= 4 is 11.8 Å². The number of aromatic nitrogens is 2. The number of likely N-dealkylation sites (N-methyl/N-ethyl adjacent to an activating group) is 1. The molecule has 18 heavy (non-hydrogen) atoms. The molecule has 0 aromatic carbocycles. The molecule has 1 aliphatic rings. The topological polar surface area (TPSA) is 44.3 Å². The molecule has 5 nitrogen and oxygen atoms in total. The smallest absolute Gasteiger partial charge is 0.224 e. The molecule has 1 aliphatic heterocycles. The summed E-state index contributed by atoms with van der Waals surface area (Å²) in [7, 11) is 2.16. The Morgan fingerprint density at radius 3 is 2.72 bits per heavy atom. The molecule has 0 radical (unpaired) electrons. The maximum absolute atomic E-state index is 4.59. The molecule has 0 saturated carbocycles. The highest BCUT2D eigenvalue weighted by Gasteiger charge is 2.15. The number of hydrogen-bond donors (Lipinski definition) is 1. The largest absolute Gasteiger partial charge is 0.354 e. The van der Waals surface area contributed by atoms with Gasteiger partial charge in [0.25, 0.3) is 0 Å². The zero-order chi connectivity index (χ0) is 13.0. The van der Waals surface area contributed by atoms with Crippen LogP contribution in [0.25, 0.3) is 0 Å². The van der Waals surface area contributed by atoms with Gasteiger partial charge >= 0.3 is 0 Å². The zero-order valence-corrected chi connectivity index (χ0v) is 11.6. The predicted molar refractivity (Wildman–Crippen MR) is 75.1 cm³/mol. The van der Waals surface area contributed by atoms with Gasteiger partial charge in [-0.15, -0.1) is 0 Å². The minimum Gasteiger partial charge on any atom is -0.354 e. The minimum atomic E-state index is 0.410. The molecule has 0 bridgehead atoms. The summed E-state index contributed by atoms with van der Waals surface area (Å²) in [6.45, 7) is 8.57. The molecule has 5 heteroatoms. The first-order chi connectivity index (χ1) is 8.69. The fraction of sp³-hybridized carbons (Fsp3) is 0.692. The van der Waals surface area contributed by atoms with Crippen LogP contribution in [0.2, 0.25) is 0 Å². The molecule has 0 amide bonds. The average molecular weight is 249 g/mol. The van der Waals surface area contributed by atoms with Gasteiger partial charge in [-0.3, -0.25) is 0 Å². The molecule has 1 aromatic rings. The van der Waals surface area contributed by atoms with Crippen molar-refractivity contribution in [3.63, 3.8) is 0 Å². The maximum Gasteiger partial charge on any atom is 0.224 e. The molecule has 0 spiro atoms. The van der Waals surface area contributed by atoms with E-state index in [2.05, 4.69) is 46.0 Å². The SMILES string of the molecule is CCC(C)Nc1nccc(N2CCN(C)CC2)n1. The quantitative estimate of drug-likeness (QED) is 0.874. The number of nitrogens with zero attached hydrogens (tertiary/aromatic N) is 4. The molecule has 1 aromatic heterocycles. The Morgan fingerprint density at radius 2 is 2.06 bits per heavy atom. The van der Waals surface area contributed by atoms with Gasteiger partial charge in [0.2, 0.25) is 5.95 Å². The molecule has 1 saturated heterocycles. The summed E-state index contributed by atoms with van der Waals surface area (Å²) in [6, 6.07) is 2.40. The first-order valence-corrected chi connectivity index (χ1v) is 6.72. The summed E-state index contributed by atoms with van der Waals surface area (Å²) < 4.78 is 0. The fourth-order valence-corrected chi connectivity index (χ4v) is 1.95. The van der Waals surface area contributed by atoms with Gasteiger partial charge in [-0.05, 0) is 26.5 Å².